The summed E-state index contributed by atoms with van der Waals surface area (Å²) in [5.41, 5.74) is 6.94. The van der Waals surface area contributed by atoms with E-state index in [4.69, 9.17) is 5.73 Å². The highest BCUT2D eigenvalue weighted by Crippen LogP contribution is 2.50. The maximum Gasteiger partial charge on any atom is 0.0549 e. The van der Waals surface area contributed by atoms with Crippen molar-refractivity contribution >= 4 is 0 Å². The molecule has 0 aromatic carbocycles. The molecule has 0 amide bonds. The van der Waals surface area contributed by atoms with Gasteiger partial charge in [0.25, 0.3) is 0 Å². The Kier molecular flexibility index (Phi) is 13.8. The molecule has 0 aromatic heterocycles. The van der Waals surface area contributed by atoms with Gasteiger partial charge in [-0.3, -0.25) is 0 Å². The fourth-order valence-corrected chi connectivity index (χ4v) is 5.24. The zero-order valence-corrected chi connectivity index (χ0v) is 21.0. The van der Waals surface area contributed by atoms with Gasteiger partial charge in [-0.15, -0.1) is 0 Å². The average Bonchev–Trinajstić information content (AvgIpc) is 2.68. The van der Waals surface area contributed by atoms with Crippen LogP contribution in [0.3, 0.4) is 0 Å². The Morgan fingerprint density at radius 1 is 0.724 bits per heavy atom. The van der Waals surface area contributed by atoms with Gasteiger partial charge in [-0.1, -0.05) is 125 Å². The van der Waals surface area contributed by atoms with Crippen LogP contribution >= 0.6 is 0 Å². The molecule has 0 spiro atoms. The molecule has 2 atom stereocenters. The van der Waals surface area contributed by atoms with Crippen molar-refractivity contribution in [1.29, 1.82) is 0 Å². The molecule has 0 aliphatic carbocycles. The monoisotopic (exact) mass is 408 g/mol. The van der Waals surface area contributed by atoms with Gasteiger partial charge >= 0.3 is 0 Å². The van der Waals surface area contributed by atoms with Crippen molar-refractivity contribution in [3.8, 4) is 0 Å². The van der Waals surface area contributed by atoms with E-state index in [1.165, 1.54) is 103 Å². The molecule has 2 unspecified atom stereocenters. The van der Waals surface area contributed by atoms with E-state index < -0.39 is 0 Å². The first-order valence-electron chi connectivity index (χ1n) is 13.3. The molecule has 2 heteroatoms. The van der Waals surface area contributed by atoms with E-state index in [9.17, 15) is 0 Å². The smallest absolute Gasteiger partial charge is 0.0549 e. The average molecular weight is 409 g/mol. The van der Waals surface area contributed by atoms with Crippen LogP contribution in [0.25, 0.3) is 0 Å². The van der Waals surface area contributed by atoms with Crippen LogP contribution in [0, 0.1) is 16.7 Å². The summed E-state index contributed by atoms with van der Waals surface area (Å²) < 4.78 is 0. The number of nitrogens with one attached hydrogen (secondary N) is 1. The van der Waals surface area contributed by atoms with Gasteiger partial charge in [-0.05, 0) is 42.6 Å². The van der Waals surface area contributed by atoms with E-state index in [1.807, 2.05) is 0 Å². The fourth-order valence-electron chi connectivity index (χ4n) is 5.24. The minimum absolute atomic E-state index is 0.199. The highest BCUT2D eigenvalue weighted by atomic mass is 15.0. The molecule has 1 heterocycles. The molecular formula is C27H56N2. The summed E-state index contributed by atoms with van der Waals surface area (Å²) in [4.78, 5) is 0. The van der Waals surface area contributed by atoms with Crippen LogP contribution in [0.5, 0.6) is 0 Å². The topological polar surface area (TPSA) is 38.0 Å². The second-order valence-corrected chi connectivity index (χ2v) is 11.2. The minimum atomic E-state index is 0.199. The van der Waals surface area contributed by atoms with Gasteiger partial charge in [0.1, 0.15) is 0 Å². The summed E-state index contributed by atoms with van der Waals surface area (Å²) in [6.45, 7) is 13.4. The number of rotatable bonds is 17. The third-order valence-electron chi connectivity index (χ3n) is 8.36. The molecule has 0 radical (unpaired) electrons. The van der Waals surface area contributed by atoms with E-state index >= 15 is 0 Å². The van der Waals surface area contributed by atoms with Gasteiger partial charge in [-0.2, -0.15) is 0 Å². The highest BCUT2D eigenvalue weighted by Gasteiger charge is 2.43. The second kappa shape index (κ2) is 14.8. The molecule has 2 nitrogen and oxygen atoms in total. The molecule has 0 bridgehead atoms. The summed E-state index contributed by atoms with van der Waals surface area (Å²) in [5.74, 6) is 0.750. The van der Waals surface area contributed by atoms with E-state index in [-0.39, 0.29) is 6.17 Å². The maximum atomic E-state index is 6.18. The first kappa shape index (κ1) is 27.0. The van der Waals surface area contributed by atoms with Gasteiger partial charge in [0, 0.05) is 0 Å². The van der Waals surface area contributed by atoms with Crippen molar-refractivity contribution in [2.45, 2.75) is 150 Å². The molecule has 3 N–H and O–H groups in total. The Labute approximate surface area is 184 Å². The summed E-state index contributed by atoms with van der Waals surface area (Å²) in [7, 11) is 0. The lowest BCUT2D eigenvalue weighted by molar-refractivity contribution is 0.00662. The summed E-state index contributed by atoms with van der Waals surface area (Å²) in [5, 5.41) is 3.41. The van der Waals surface area contributed by atoms with Crippen LogP contribution in [0.1, 0.15) is 144 Å². The Hall–Kier alpha value is -0.0800. The molecule has 1 rings (SSSR count). The highest BCUT2D eigenvalue weighted by molar-refractivity contribution is 4.94. The molecule has 1 saturated heterocycles. The van der Waals surface area contributed by atoms with Gasteiger partial charge in [0.05, 0.1) is 6.17 Å². The molecule has 1 aliphatic rings. The molecule has 1 fully saturated rings. The number of nitrogens with two attached hydrogens (primary N) is 1. The van der Waals surface area contributed by atoms with E-state index in [1.54, 1.807) is 0 Å². The van der Waals surface area contributed by atoms with Crippen molar-refractivity contribution in [3.63, 3.8) is 0 Å². The zero-order valence-electron chi connectivity index (χ0n) is 21.0. The molecule has 1 aliphatic heterocycles. The zero-order chi connectivity index (χ0) is 21.6. The largest absolute Gasteiger partial charge is 0.316 e. The summed E-state index contributed by atoms with van der Waals surface area (Å²) in [6, 6.07) is 0. The Morgan fingerprint density at radius 3 is 1.62 bits per heavy atom. The van der Waals surface area contributed by atoms with Crippen molar-refractivity contribution in [1.82, 2.24) is 5.32 Å². The van der Waals surface area contributed by atoms with Gasteiger partial charge in [-0.25, -0.2) is 0 Å². The minimum Gasteiger partial charge on any atom is -0.316 e. The second-order valence-electron chi connectivity index (χ2n) is 11.2. The molecule has 0 aromatic rings. The molecule has 0 saturated carbocycles. The van der Waals surface area contributed by atoms with E-state index in [0.717, 1.165) is 18.9 Å². The third-order valence-corrected chi connectivity index (χ3v) is 8.36. The predicted molar refractivity (Wildman–Crippen MR) is 131 cm³/mol. The van der Waals surface area contributed by atoms with Crippen LogP contribution in [0.2, 0.25) is 0 Å². The van der Waals surface area contributed by atoms with Crippen molar-refractivity contribution < 1.29 is 0 Å². The Bertz CT molecular complexity index is 388. The lowest BCUT2D eigenvalue weighted by atomic mass is 9.57. The number of hydrogen-bond donors (Lipinski definition) is 2. The summed E-state index contributed by atoms with van der Waals surface area (Å²) in [6.07, 6.45) is 24.2. The number of hydrogen-bond acceptors (Lipinski definition) is 2. The van der Waals surface area contributed by atoms with Crippen molar-refractivity contribution in [2.75, 3.05) is 6.54 Å². The molecule has 29 heavy (non-hydrogen) atoms. The summed E-state index contributed by atoms with van der Waals surface area (Å²) >= 11 is 0. The Morgan fingerprint density at radius 2 is 1.17 bits per heavy atom. The van der Waals surface area contributed by atoms with Gasteiger partial charge in [0.15, 0.2) is 0 Å². The lowest BCUT2D eigenvalue weighted by Gasteiger charge is -2.50. The normalized spacial score (nSPS) is 20.9. The number of piperidine rings is 1. The van der Waals surface area contributed by atoms with Crippen molar-refractivity contribution in [2.24, 2.45) is 22.5 Å². The van der Waals surface area contributed by atoms with Crippen LogP contribution in [-0.2, 0) is 0 Å². The maximum absolute atomic E-state index is 6.18. The van der Waals surface area contributed by atoms with Crippen molar-refractivity contribution in [3.05, 3.63) is 0 Å². The fraction of sp³-hybridized carbons (Fsp3) is 1.00. The van der Waals surface area contributed by atoms with Crippen LogP contribution in [0.15, 0.2) is 0 Å². The van der Waals surface area contributed by atoms with Crippen LogP contribution < -0.4 is 11.1 Å². The third kappa shape index (κ3) is 10.7. The van der Waals surface area contributed by atoms with Crippen LogP contribution in [0.4, 0.5) is 0 Å². The van der Waals surface area contributed by atoms with Gasteiger partial charge < -0.3 is 11.1 Å². The van der Waals surface area contributed by atoms with Gasteiger partial charge in [0.2, 0.25) is 0 Å². The van der Waals surface area contributed by atoms with E-state index in [2.05, 4.69) is 39.9 Å². The number of unbranched alkanes of at least 4 members (excludes halogenated alkanes) is 13. The standard InChI is InChI=1S/C27H56N2/c1-6-7-8-9-10-11-12-13-14-15-16-17-18-19-21-26(2,3)27(4,5)24-20-22-29-25(28)23-24/h24-25,29H,6-23,28H2,1-5H3. The first-order chi connectivity index (χ1) is 13.8. The van der Waals surface area contributed by atoms with Crippen LogP contribution in [-0.4, -0.2) is 12.7 Å². The van der Waals surface area contributed by atoms with E-state index in [0.29, 0.717) is 10.8 Å². The Balaban J connectivity index is 2.03. The predicted octanol–water partition coefficient (Wildman–Crippen LogP) is 8.19. The SMILES string of the molecule is CCCCCCCCCCCCCCCCC(C)(C)C(C)(C)C1CCNC(N)C1. The first-order valence-corrected chi connectivity index (χ1v) is 13.3. The molecular weight excluding hydrogens is 352 g/mol. The molecule has 174 valence electrons. The lowest BCUT2D eigenvalue weighted by Crippen LogP contribution is -2.50. The quantitative estimate of drug-likeness (QED) is 0.238.